The molecule has 0 saturated carbocycles. The Morgan fingerprint density at radius 3 is 2.47 bits per heavy atom. The molecule has 2 rings (SSSR count). The van der Waals surface area contributed by atoms with Crippen molar-refractivity contribution in [3.63, 3.8) is 0 Å². The van der Waals surface area contributed by atoms with E-state index in [2.05, 4.69) is 0 Å². The summed E-state index contributed by atoms with van der Waals surface area (Å²) in [7, 11) is 0. The standard InChI is InChI=1S/C12H13NO4/c1-7-3-5-9(6-4-7)13-10(11(14)15)8(2)17-12(13)16/h3-6,8,10H,1-2H3,(H,14,15). The number of cyclic esters (lactones) is 1. The number of anilines is 1. The molecule has 0 radical (unpaired) electrons. The van der Waals surface area contributed by atoms with Gasteiger partial charge in [-0.1, -0.05) is 17.7 Å². The second kappa shape index (κ2) is 4.08. The molecular formula is C12H13NO4. The molecule has 1 aliphatic heterocycles. The van der Waals surface area contributed by atoms with Crippen molar-refractivity contribution in [2.45, 2.75) is 26.0 Å². The fraction of sp³-hybridized carbons (Fsp3) is 0.333. The van der Waals surface area contributed by atoms with Crippen LogP contribution in [0.2, 0.25) is 0 Å². The molecule has 0 bridgehead atoms. The number of benzene rings is 1. The van der Waals surface area contributed by atoms with Gasteiger partial charge in [0.1, 0.15) is 6.10 Å². The number of nitrogens with zero attached hydrogens (tertiary/aromatic N) is 1. The molecular weight excluding hydrogens is 222 g/mol. The molecule has 17 heavy (non-hydrogen) atoms. The van der Waals surface area contributed by atoms with Crippen LogP contribution in [0, 0.1) is 6.92 Å². The van der Waals surface area contributed by atoms with Gasteiger partial charge in [0.25, 0.3) is 0 Å². The van der Waals surface area contributed by atoms with E-state index < -0.39 is 24.2 Å². The third kappa shape index (κ3) is 1.95. The summed E-state index contributed by atoms with van der Waals surface area (Å²) in [6.07, 6.45) is -1.27. The SMILES string of the molecule is Cc1ccc(N2C(=O)OC(C)C2C(=O)O)cc1. The molecule has 1 aliphatic rings. The van der Waals surface area contributed by atoms with Crippen molar-refractivity contribution in [3.05, 3.63) is 29.8 Å². The van der Waals surface area contributed by atoms with E-state index in [1.807, 2.05) is 19.1 Å². The minimum atomic E-state index is -1.07. The number of ether oxygens (including phenoxy) is 1. The third-order valence-electron chi connectivity index (χ3n) is 2.77. The van der Waals surface area contributed by atoms with E-state index in [1.165, 1.54) is 4.90 Å². The lowest BCUT2D eigenvalue weighted by Gasteiger charge is -2.19. The van der Waals surface area contributed by atoms with Crippen LogP contribution in [-0.2, 0) is 9.53 Å². The van der Waals surface area contributed by atoms with E-state index in [0.29, 0.717) is 5.69 Å². The van der Waals surface area contributed by atoms with Gasteiger partial charge in [-0.2, -0.15) is 0 Å². The van der Waals surface area contributed by atoms with E-state index >= 15 is 0 Å². The zero-order valence-electron chi connectivity index (χ0n) is 9.58. The molecule has 0 aromatic heterocycles. The van der Waals surface area contributed by atoms with Crippen LogP contribution in [0.15, 0.2) is 24.3 Å². The summed E-state index contributed by atoms with van der Waals surface area (Å²) in [4.78, 5) is 23.9. The lowest BCUT2D eigenvalue weighted by molar-refractivity contribution is -0.139. The van der Waals surface area contributed by atoms with Crippen LogP contribution in [-0.4, -0.2) is 29.3 Å². The molecule has 5 nitrogen and oxygen atoms in total. The molecule has 1 heterocycles. The Balaban J connectivity index is 2.38. The summed E-state index contributed by atoms with van der Waals surface area (Å²) in [5, 5.41) is 9.11. The summed E-state index contributed by atoms with van der Waals surface area (Å²) in [5.41, 5.74) is 1.58. The first kappa shape index (κ1) is 11.4. The number of rotatable bonds is 2. The van der Waals surface area contributed by atoms with E-state index in [-0.39, 0.29) is 0 Å². The van der Waals surface area contributed by atoms with Gasteiger partial charge >= 0.3 is 12.1 Å². The molecule has 2 atom stereocenters. The van der Waals surface area contributed by atoms with Crippen molar-refractivity contribution in [3.8, 4) is 0 Å². The third-order valence-corrected chi connectivity index (χ3v) is 2.77. The minimum Gasteiger partial charge on any atom is -0.480 e. The molecule has 2 unspecified atom stereocenters. The summed E-state index contributed by atoms with van der Waals surface area (Å²) >= 11 is 0. The van der Waals surface area contributed by atoms with Crippen LogP contribution >= 0.6 is 0 Å². The second-order valence-corrected chi connectivity index (χ2v) is 4.08. The number of hydrogen-bond donors (Lipinski definition) is 1. The van der Waals surface area contributed by atoms with Gasteiger partial charge in [0.2, 0.25) is 0 Å². The number of aliphatic carboxylic acids is 1. The van der Waals surface area contributed by atoms with Crippen LogP contribution in [0.5, 0.6) is 0 Å². The Hall–Kier alpha value is -2.04. The van der Waals surface area contributed by atoms with Crippen molar-refractivity contribution >= 4 is 17.7 Å². The Morgan fingerprint density at radius 1 is 1.35 bits per heavy atom. The molecule has 1 aromatic carbocycles. The van der Waals surface area contributed by atoms with Crippen LogP contribution in [0.25, 0.3) is 0 Å². The Kier molecular flexibility index (Phi) is 2.75. The van der Waals surface area contributed by atoms with Gasteiger partial charge in [0, 0.05) is 5.69 Å². The van der Waals surface area contributed by atoms with Gasteiger partial charge in [0.05, 0.1) is 0 Å². The summed E-state index contributed by atoms with van der Waals surface area (Å²) < 4.78 is 4.94. The van der Waals surface area contributed by atoms with Crippen molar-refractivity contribution in [1.82, 2.24) is 0 Å². The summed E-state index contributed by atoms with van der Waals surface area (Å²) in [5.74, 6) is -1.07. The van der Waals surface area contributed by atoms with Gasteiger partial charge in [-0.05, 0) is 26.0 Å². The first-order valence-corrected chi connectivity index (χ1v) is 5.30. The fourth-order valence-corrected chi connectivity index (χ4v) is 1.89. The fourth-order valence-electron chi connectivity index (χ4n) is 1.89. The molecule has 5 heteroatoms. The highest BCUT2D eigenvalue weighted by atomic mass is 16.6. The highest BCUT2D eigenvalue weighted by Crippen LogP contribution is 2.27. The lowest BCUT2D eigenvalue weighted by atomic mass is 10.1. The predicted octanol–water partition coefficient (Wildman–Crippen LogP) is 1.79. The zero-order chi connectivity index (χ0) is 12.6. The van der Waals surface area contributed by atoms with Crippen LogP contribution in [0.3, 0.4) is 0 Å². The van der Waals surface area contributed by atoms with E-state index in [4.69, 9.17) is 9.84 Å². The molecule has 90 valence electrons. The van der Waals surface area contributed by atoms with E-state index in [9.17, 15) is 9.59 Å². The number of carbonyl (C=O) groups excluding carboxylic acids is 1. The van der Waals surface area contributed by atoms with Gasteiger partial charge in [-0.25, -0.2) is 9.59 Å². The normalized spacial score (nSPS) is 23.6. The number of carbonyl (C=O) groups is 2. The topological polar surface area (TPSA) is 66.8 Å². The average Bonchev–Trinajstić information content (AvgIpc) is 2.55. The van der Waals surface area contributed by atoms with Crippen molar-refractivity contribution in [2.75, 3.05) is 4.90 Å². The quantitative estimate of drug-likeness (QED) is 0.848. The maximum atomic E-state index is 11.6. The van der Waals surface area contributed by atoms with E-state index in [1.54, 1.807) is 19.1 Å². The second-order valence-electron chi connectivity index (χ2n) is 4.08. The van der Waals surface area contributed by atoms with Crippen LogP contribution in [0.1, 0.15) is 12.5 Å². The van der Waals surface area contributed by atoms with Gasteiger partial charge in [0.15, 0.2) is 6.04 Å². The number of amides is 1. The largest absolute Gasteiger partial charge is 0.480 e. The monoisotopic (exact) mass is 235 g/mol. The molecule has 1 N–H and O–H groups in total. The number of aryl methyl sites for hydroxylation is 1. The Morgan fingerprint density at radius 2 is 1.94 bits per heavy atom. The van der Waals surface area contributed by atoms with E-state index in [0.717, 1.165) is 5.56 Å². The van der Waals surface area contributed by atoms with Gasteiger partial charge in [-0.3, -0.25) is 4.90 Å². The molecule has 1 amide bonds. The Labute approximate surface area is 98.6 Å². The summed E-state index contributed by atoms with van der Waals surface area (Å²) in [6, 6.07) is 6.11. The molecule has 1 saturated heterocycles. The van der Waals surface area contributed by atoms with Crippen molar-refractivity contribution < 1.29 is 19.4 Å². The first-order valence-electron chi connectivity index (χ1n) is 5.30. The van der Waals surface area contributed by atoms with Crippen molar-refractivity contribution in [1.29, 1.82) is 0 Å². The highest BCUT2D eigenvalue weighted by molar-refractivity contribution is 5.98. The first-order chi connectivity index (χ1) is 8.00. The molecule has 1 aromatic rings. The lowest BCUT2D eigenvalue weighted by Crippen LogP contribution is -2.42. The number of hydrogen-bond acceptors (Lipinski definition) is 3. The Bertz CT molecular complexity index is 454. The molecule has 0 aliphatic carbocycles. The average molecular weight is 235 g/mol. The summed E-state index contributed by atoms with van der Waals surface area (Å²) in [6.45, 7) is 3.49. The number of carboxylic acids is 1. The highest BCUT2D eigenvalue weighted by Gasteiger charge is 2.44. The van der Waals surface area contributed by atoms with Crippen LogP contribution < -0.4 is 4.90 Å². The van der Waals surface area contributed by atoms with Crippen molar-refractivity contribution in [2.24, 2.45) is 0 Å². The van der Waals surface area contributed by atoms with Gasteiger partial charge < -0.3 is 9.84 Å². The smallest absolute Gasteiger partial charge is 0.415 e. The minimum absolute atomic E-state index is 0.539. The van der Waals surface area contributed by atoms with Crippen LogP contribution in [0.4, 0.5) is 10.5 Å². The zero-order valence-corrected chi connectivity index (χ0v) is 9.58. The van der Waals surface area contributed by atoms with Gasteiger partial charge in [-0.15, -0.1) is 0 Å². The number of carboxylic acid groups (broad SMARTS) is 1. The maximum Gasteiger partial charge on any atom is 0.415 e. The predicted molar refractivity (Wildman–Crippen MR) is 61.0 cm³/mol. The maximum absolute atomic E-state index is 11.6. The molecule has 0 spiro atoms. The molecule has 1 fully saturated rings.